The van der Waals surface area contributed by atoms with E-state index in [1.807, 2.05) is 0 Å². The van der Waals surface area contributed by atoms with Gasteiger partial charge in [0.2, 0.25) is 0 Å². The minimum atomic E-state index is -0.109. The molecule has 0 amide bonds. The first-order valence-electron chi connectivity index (χ1n) is 6.70. The van der Waals surface area contributed by atoms with Gasteiger partial charge in [0.05, 0.1) is 0 Å². The van der Waals surface area contributed by atoms with Crippen molar-refractivity contribution in [1.29, 1.82) is 0 Å². The van der Waals surface area contributed by atoms with E-state index in [0.29, 0.717) is 18.6 Å². The molecule has 0 spiro atoms. The Bertz CT molecular complexity index is 426. The van der Waals surface area contributed by atoms with Crippen LogP contribution in [0.5, 0.6) is 11.5 Å². The molecule has 0 aliphatic heterocycles. The molecule has 1 fully saturated rings. The van der Waals surface area contributed by atoms with Crippen LogP contribution in [-0.4, -0.2) is 16.0 Å². The molecule has 1 aromatic carbocycles. The zero-order valence-electron chi connectivity index (χ0n) is 10.6. The maximum absolute atomic E-state index is 12.0. The van der Waals surface area contributed by atoms with Gasteiger partial charge in [0.25, 0.3) is 0 Å². The Labute approximate surface area is 107 Å². The molecule has 1 aromatic rings. The van der Waals surface area contributed by atoms with Crippen LogP contribution in [0.1, 0.15) is 44.1 Å². The van der Waals surface area contributed by atoms with Gasteiger partial charge in [-0.05, 0) is 37.0 Å². The maximum Gasteiger partial charge on any atom is 0.157 e. The molecule has 0 aromatic heterocycles. The van der Waals surface area contributed by atoms with Crippen molar-refractivity contribution in [3.63, 3.8) is 0 Å². The van der Waals surface area contributed by atoms with Crippen molar-refractivity contribution < 1.29 is 15.0 Å². The molecule has 1 saturated carbocycles. The van der Waals surface area contributed by atoms with Crippen LogP contribution in [0.3, 0.4) is 0 Å². The number of carbonyl (C=O) groups is 1. The smallest absolute Gasteiger partial charge is 0.157 e. The van der Waals surface area contributed by atoms with Gasteiger partial charge in [0.1, 0.15) is 5.78 Å². The van der Waals surface area contributed by atoms with Crippen LogP contribution in [0, 0.1) is 5.92 Å². The van der Waals surface area contributed by atoms with Crippen molar-refractivity contribution in [1.82, 2.24) is 0 Å². The van der Waals surface area contributed by atoms with Gasteiger partial charge in [-0.25, -0.2) is 0 Å². The topological polar surface area (TPSA) is 57.5 Å². The van der Waals surface area contributed by atoms with E-state index >= 15 is 0 Å². The Balaban J connectivity index is 2.05. The van der Waals surface area contributed by atoms with E-state index in [-0.39, 0.29) is 17.4 Å². The van der Waals surface area contributed by atoms with Gasteiger partial charge in [0.15, 0.2) is 11.5 Å². The van der Waals surface area contributed by atoms with E-state index in [1.165, 1.54) is 18.9 Å². The molecule has 98 valence electrons. The van der Waals surface area contributed by atoms with Crippen LogP contribution in [0.15, 0.2) is 18.2 Å². The highest BCUT2D eigenvalue weighted by Gasteiger charge is 2.20. The minimum absolute atomic E-state index is 0.0780. The molecule has 0 saturated heterocycles. The lowest BCUT2D eigenvalue weighted by Crippen LogP contribution is -2.18. The fraction of sp³-hybridized carbons (Fsp3) is 0.533. The fourth-order valence-corrected chi connectivity index (χ4v) is 2.61. The van der Waals surface area contributed by atoms with Crippen molar-refractivity contribution in [2.24, 2.45) is 5.92 Å². The summed E-state index contributed by atoms with van der Waals surface area (Å²) < 4.78 is 0. The third kappa shape index (κ3) is 3.25. The van der Waals surface area contributed by atoms with Gasteiger partial charge < -0.3 is 10.2 Å². The zero-order chi connectivity index (χ0) is 13.0. The molecule has 0 bridgehead atoms. The predicted molar refractivity (Wildman–Crippen MR) is 69.7 cm³/mol. The number of ketones is 1. The van der Waals surface area contributed by atoms with Crippen molar-refractivity contribution in [3.8, 4) is 11.5 Å². The Morgan fingerprint density at radius 2 is 1.83 bits per heavy atom. The van der Waals surface area contributed by atoms with Crippen LogP contribution in [0.25, 0.3) is 0 Å². The van der Waals surface area contributed by atoms with Gasteiger partial charge in [-0.15, -0.1) is 0 Å². The van der Waals surface area contributed by atoms with Gasteiger partial charge in [-0.3, -0.25) is 4.79 Å². The molecule has 3 heteroatoms. The van der Waals surface area contributed by atoms with E-state index < -0.39 is 0 Å². The molecule has 1 aliphatic rings. The van der Waals surface area contributed by atoms with Crippen molar-refractivity contribution in [2.45, 2.75) is 44.9 Å². The van der Waals surface area contributed by atoms with Crippen LogP contribution >= 0.6 is 0 Å². The van der Waals surface area contributed by atoms with Crippen LogP contribution in [-0.2, 0) is 11.2 Å². The average Bonchev–Trinajstić information content (AvgIpc) is 2.33. The lowest BCUT2D eigenvalue weighted by Gasteiger charge is -2.18. The molecule has 2 N–H and O–H groups in total. The molecule has 1 aliphatic carbocycles. The zero-order valence-corrected chi connectivity index (χ0v) is 10.6. The van der Waals surface area contributed by atoms with E-state index in [2.05, 4.69) is 0 Å². The highest BCUT2D eigenvalue weighted by atomic mass is 16.3. The number of aromatic hydroxyl groups is 2. The second-order valence-corrected chi connectivity index (χ2v) is 5.14. The summed E-state index contributed by atoms with van der Waals surface area (Å²) in [7, 11) is 0. The standard InChI is InChI=1S/C15H20O3/c16-13-6-4-2-1-3-5-12(13)9-11-7-8-14(17)15(18)10-11/h7-8,10,12,17-18H,1-6,9H2. The van der Waals surface area contributed by atoms with Crippen molar-refractivity contribution in [3.05, 3.63) is 23.8 Å². The molecule has 18 heavy (non-hydrogen) atoms. The SMILES string of the molecule is O=C1CCCCCCC1Cc1ccc(O)c(O)c1. The summed E-state index contributed by atoms with van der Waals surface area (Å²) in [6, 6.07) is 4.82. The van der Waals surface area contributed by atoms with Crippen LogP contribution in [0.4, 0.5) is 0 Å². The third-order valence-corrected chi connectivity index (χ3v) is 3.70. The number of Topliss-reactive ketones (excluding diaryl/α,β-unsaturated/α-hetero) is 1. The summed E-state index contributed by atoms with van der Waals surface area (Å²) in [6.45, 7) is 0. The largest absolute Gasteiger partial charge is 0.504 e. The van der Waals surface area contributed by atoms with Gasteiger partial charge in [-0.2, -0.15) is 0 Å². The molecule has 0 heterocycles. The first-order chi connectivity index (χ1) is 8.66. The van der Waals surface area contributed by atoms with E-state index in [1.54, 1.807) is 12.1 Å². The second-order valence-electron chi connectivity index (χ2n) is 5.14. The summed E-state index contributed by atoms with van der Waals surface area (Å²) >= 11 is 0. The number of benzene rings is 1. The highest BCUT2D eigenvalue weighted by Crippen LogP contribution is 2.28. The molecular weight excluding hydrogens is 228 g/mol. The molecular formula is C15H20O3. The molecule has 0 radical (unpaired) electrons. The minimum Gasteiger partial charge on any atom is -0.504 e. The van der Waals surface area contributed by atoms with Crippen molar-refractivity contribution >= 4 is 5.78 Å². The normalized spacial score (nSPS) is 21.3. The lowest BCUT2D eigenvalue weighted by atomic mass is 9.85. The maximum atomic E-state index is 12.0. The summed E-state index contributed by atoms with van der Waals surface area (Å²) in [5.74, 6) is 0.213. The van der Waals surface area contributed by atoms with Crippen LogP contribution in [0.2, 0.25) is 0 Å². The number of phenolic OH excluding ortho intramolecular Hbond substituents is 2. The quantitative estimate of drug-likeness (QED) is 0.790. The Morgan fingerprint density at radius 1 is 1.06 bits per heavy atom. The predicted octanol–water partition coefficient (Wildman–Crippen LogP) is 3.18. The molecule has 3 nitrogen and oxygen atoms in total. The molecule has 2 rings (SSSR count). The van der Waals surface area contributed by atoms with Gasteiger partial charge in [-0.1, -0.05) is 25.3 Å². The Hall–Kier alpha value is -1.51. The average molecular weight is 248 g/mol. The summed E-state index contributed by atoms with van der Waals surface area (Å²) in [5, 5.41) is 18.7. The number of rotatable bonds is 2. The number of carbonyl (C=O) groups excluding carboxylic acids is 1. The van der Waals surface area contributed by atoms with Gasteiger partial charge in [0, 0.05) is 12.3 Å². The first-order valence-corrected chi connectivity index (χ1v) is 6.70. The lowest BCUT2D eigenvalue weighted by molar-refractivity contribution is -0.123. The number of phenols is 2. The molecule has 1 unspecified atom stereocenters. The van der Waals surface area contributed by atoms with Crippen molar-refractivity contribution in [2.75, 3.05) is 0 Å². The van der Waals surface area contributed by atoms with E-state index in [9.17, 15) is 15.0 Å². The summed E-state index contributed by atoms with van der Waals surface area (Å²) in [6.07, 6.45) is 6.81. The monoisotopic (exact) mass is 248 g/mol. The number of hydrogen-bond donors (Lipinski definition) is 2. The summed E-state index contributed by atoms with van der Waals surface area (Å²) in [4.78, 5) is 12.0. The Morgan fingerprint density at radius 3 is 2.61 bits per heavy atom. The second kappa shape index (κ2) is 5.89. The van der Waals surface area contributed by atoms with E-state index in [0.717, 1.165) is 24.8 Å². The fourth-order valence-electron chi connectivity index (χ4n) is 2.61. The molecule has 1 atom stereocenters. The summed E-state index contributed by atoms with van der Waals surface area (Å²) in [5.41, 5.74) is 0.921. The van der Waals surface area contributed by atoms with Gasteiger partial charge >= 0.3 is 0 Å². The van der Waals surface area contributed by atoms with Crippen LogP contribution < -0.4 is 0 Å². The number of hydrogen-bond acceptors (Lipinski definition) is 3. The first kappa shape index (κ1) is 12.9. The highest BCUT2D eigenvalue weighted by molar-refractivity contribution is 5.81. The Kier molecular flexibility index (Phi) is 4.24. The third-order valence-electron chi connectivity index (χ3n) is 3.70. The van der Waals surface area contributed by atoms with E-state index in [4.69, 9.17) is 0 Å².